The number of carboxylic acid groups (broad SMARTS) is 1. The Balaban J connectivity index is 2.30. The fourth-order valence-corrected chi connectivity index (χ4v) is 1.85. The Kier molecular flexibility index (Phi) is 4.31. The molecule has 0 fully saturated rings. The number of nitrogens with zero attached hydrogens (tertiary/aromatic N) is 3. The molecule has 7 nitrogen and oxygen atoms in total. The van der Waals surface area contributed by atoms with E-state index in [1.165, 1.54) is 11.8 Å². The Hall–Kier alpha value is -2.41. The van der Waals surface area contributed by atoms with Gasteiger partial charge in [-0.1, -0.05) is 17.3 Å². The molecule has 20 heavy (non-hydrogen) atoms. The zero-order valence-electron chi connectivity index (χ0n) is 11.2. The van der Waals surface area contributed by atoms with Crippen LogP contribution in [0.1, 0.15) is 21.7 Å². The highest BCUT2D eigenvalue weighted by Gasteiger charge is 2.18. The van der Waals surface area contributed by atoms with Crippen molar-refractivity contribution in [3.8, 4) is 5.75 Å². The van der Waals surface area contributed by atoms with Crippen molar-refractivity contribution >= 4 is 5.97 Å². The Morgan fingerprint density at radius 2 is 2.20 bits per heavy atom. The molecule has 0 saturated carbocycles. The van der Waals surface area contributed by atoms with Crippen LogP contribution >= 0.6 is 0 Å². The number of hydrogen-bond acceptors (Lipinski definition) is 5. The molecule has 0 aliphatic rings. The maximum atomic E-state index is 11.1. The van der Waals surface area contributed by atoms with Crippen molar-refractivity contribution in [3.05, 3.63) is 41.2 Å². The molecule has 1 aromatic carbocycles. The predicted octanol–water partition coefficient (Wildman–Crippen LogP) is 1.18. The molecular formula is C13H15N3O4. The molecule has 0 atom stereocenters. The Morgan fingerprint density at radius 1 is 1.40 bits per heavy atom. The lowest BCUT2D eigenvalue weighted by molar-refractivity contribution is 0.0684. The average molecular weight is 277 g/mol. The van der Waals surface area contributed by atoms with Gasteiger partial charge < -0.3 is 14.6 Å². The van der Waals surface area contributed by atoms with Crippen LogP contribution in [-0.4, -0.2) is 40.3 Å². The van der Waals surface area contributed by atoms with Gasteiger partial charge in [0.2, 0.25) is 0 Å². The molecule has 2 rings (SSSR count). The van der Waals surface area contributed by atoms with E-state index in [1.54, 1.807) is 7.11 Å². The average Bonchev–Trinajstić information content (AvgIpc) is 2.83. The Labute approximate surface area is 115 Å². The van der Waals surface area contributed by atoms with Crippen LogP contribution in [0.4, 0.5) is 0 Å². The van der Waals surface area contributed by atoms with Gasteiger partial charge in [0.05, 0.1) is 26.0 Å². The molecule has 0 spiro atoms. The molecule has 106 valence electrons. The largest absolute Gasteiger partial charge is 0.497 e. The molecule has 0 radical (unpaired) electrons. The normalized spacial score (nSPS) is 10.5. The second kappa shape index (κ2) is 6.16. The van der Waals surface area contributed by atoms with Crippen LogP contribution in [0.25, 0.3) is 0 Å². The first-order valence-corrected chi connectivity index (χ1v) is 5.93. The van der Waals surface area contributed by atoms with Crippen molar-refractivity contribution in [2.24, 2.45) is 0 Å². The molecule has 7 heteroatoms. The lowest BCUT2D eigenvalue weighted by Gasteiger charge is -2.07. The minimum atomic E-state index is -1.12. The van der Waals surface area contributed by atoms with Crippen LogP contribution in [0.3, 0.4) is 0 Å². The van der Waals surface area contributed by atoms with Crippen molar-refractivity contribution in [2.45, 2.75) is 13.2 Å². The van der Waals surface area contributed by atoms with E-state index >= 15 is 0 Å². The second-order valence-corrected chi connectivity index (χ2v) is 4.13. The molecule has 2 aromatic rings. The van der Waals surface area contributed by atoms with Gasteiger partial charge in [-0.15, -0.1) is 5.10 Å². The number of hydrogen-bond donors (Lipinski definition) is 1. The van der Waals surface area contributed by atoms with Crippen LogP contribution in [0.15, 0.2) is 24.3 Å². The van der Waals surface area contributed by atoms with E-state index in [1.807, 2.05) is 24.3 Å². The van der Waals surface area contributed by atoms with Gasteiger partial charge in [-0.05, 0) is 17.7 Å². The van der Waals surface area contributed by atoms with E-state index in [4.69, 9.17) is 14.6 Å². The summed E-state index contributed by atoms with van der Waals surface area (Å²) in [7, 11) is 3.09. The summed E-state index contributed by atoms with van der Waals surface area (Å²) in [6.45, 7) is 0.536. The molecule has 0 aliphatic carbocycles. The van der Waals surface area contributed by atoms with Crippen molar-refractivity contribution in [2.75, 3.05) is 14.2 Å². The summed E-state index contributed by atoms with van der Waals surface area (Å²) in [5, 5.41) is 16.6. The van der Waals surface area contributed by atoms with E-state index in [0.717, 1.165) is 11.3 Å². The number of aromatic nitrogens is 3. The number of benzene rings is 1. The fraction of sp³-hybridized carbons (Fsp3) is 0.308. The smallest absolute Gasteiger partial charge is 0.358 e. The summed E-state index contributed by atoms with van der Waals surface area (Å²) < 4.78 is 11.7. The van der Waals surface area contributed by atoms with Gasteiger partial charge in [0.15, 0.2) is 5.69 Å². The highest BCUT2D eigenvalue weighted by molar-refractivity contribution is 5.86. The van der Waals surface area contributed by atoms with Crippen molar-refractivity contribution < 1.29 is 19.4 Å². The number of methoxy groups -OCH3 is 2. The first-order chi connectivity index (χ1) is 9.65. The summed E-state index contributed by atoms with van der Waals surface area (Å²) in [6.07, 6.45) is 0. The standard InChI is InChI=1S/C13H15N3O4/c1-19-8-11-12(13(17)18)14-15-16(11)7-9-4-3-5-10(6-9)20-2/h3-6H,7-8H2,1-2H3,(H,17,18). The fourth-order valence-electron chi connectivity index (χ4n) is 1.85. The predicted molar refractivity (Wildman–Crippen MR) is 69.8 cm³/mol. The SMILES string of the molecule is COCc1c(C(=O)O)nnn1Cc1cccc(OC)c1. The van der Waals surface area contributed by atoms with Gasteiger partial charge in [-0.25, -0.2) is 9.48 Å². The molecule has 1 N–H and O–H groups in total. The molecule has 1 heterocycles. The van der Waals surface area contributed by atoms with Gasteiger partial charge in [0.1, 0.15) is 5.75 Å². The third kappa shape index (κ3) is 2.94. The van der Waals surface area contributed by atoms with E-state index in [2.05, 4.69) is 10.3 Å². The van der Waals surface area contributed by atoms with Crippen LogP contribution in [-0.2, 0) is 17.9 Å². The molecule has 0 bridgehead atoms. The number of aromatic carboxylic acids is 1. The minimum Gasteiger partial charge on any atom is -0.497 e. The molecular weight excluding hydrogens is 262 g/mol. The zero-order valence-corrected chi connectivity index (χ0v) is 11.2. The van der Waals surface area contributed by atoms with Crippen LogP contribution in [0.2, 0.25) is 0 Å². The highest BCUT2D eigenvalue weighted by Crippen LogP contribution is 2.15. The zero-order chi connectivity index (χ0) is 14.5. The van der Waals surface area contributed by atoms with Crippen molar-refractivity contribution in [3.63, 3.8) is 0 Å². The number of rotatable bonds is 6. The molecule has 0 amide bonds. The van der Waals surface area contributed by atoms with Crippen LogP contribution < -0.4 is 4.74 Å². The first-order valence-electron chi connectivity index (χ1n) is 5.93. The summed E-state index contributed by atoms with van der Waals surface area (Å²) in [5.41, 5.74) is 1.28. The first kappa shape index (κ1) is 14.0. The number of carbonyl (C=O) groups is 1. The second-order valence-electron chi connectivity index (χ2n) is 4.13. The summed E-state index contributed by atoms with van der Waals surface area (Å²) >= 11 is 0. The van der Waals surface area contributed by atoms with Crippen molar-refractivity contribution in [1.29, 1.82) is 0 Å². The molecule has 1 aromatic heterocycles. The minimum absolute atomic E-state index is 0.0882. The van der Waals surface area contributed by atoms with E-state index in [-0.39, 0.29) is 12.3 Å². The van der Waals surface area contributed by atoms with E-state index < -0.39 is 5.97 Å². The quantitative estimate of drug-likeness (QED) is 0.853. The van der Waals surface area contributed by atoms with Gasteiger partial charge in [0, 0.05) is 7.11 Å². The maximum Gasteiger partial charge on any atom is 0.358 e. The maximum absolute atomic E-state index is 11.1. The lowest BCUT2D eigenvalue weighted by Crippen LogP contribution is -2.10. The third-order valence-corrected chi connectivity index (χ3v) is 2.79. The Morgan fingerprint density at radius 3 is 2.85 bits per heavy atom. The van der Waals surface area contributed by atoms with Crippen LogP contribution in [0, 0.1) is 0 Å². The number of carboxylic acids is 1. The van der Waals surface area contributed by atoms with Gasteiger partial charge >= 0.3 is 5.97 Å². The lowest BCUT2D eigenvalue weighted by atomic mass is 10.2. The summed E-state index contributed by atoms with van der Waals surface area (Å²) in [4.78, 5) is 11.1. The Bertz CT molecular complexity index is 609. The highest BCUT2D eigenvalue weighted by atomic mass is 16.5. The van der Waals surface area contributed by atoms with E-state index in [0.29, 0.717) is 12.2 Å². The molecule has 0 aliphatic heterocycles. The van der Waals surface area contributed by atoms with Gasteiger partial charge in [-0.3, -0.25) is 0 Å². The molecule has 0 saturated heterocycles. The van der Waals surface area contributed by atoms with E-state index in [9.17, 15) is 4.79 Å². The van der Waals surface area contributed by atoms with Crippen molar-refractivity contribution in [1.82, 2.24) is 15.0 Å². The monoisotopic (exact) mass is 277 g/mol. The van der Waals surface area contributed by atoms with Gasteiger partial charge in [0.25, 0.3) is 0 Å². The topological polar surface area (TPSA) is 86.5 Å². The summed E-state index contributed by atoms with van der Waals surface area (Å²) in [5.74, 6) is -0.386. The molecule has 0 unspecified atom stereocenters. The van der Waals surface area contributed by atoms with Crippen LogP contribution in [0.5, 0.6) is 5.75 Å². The van der Waals surface area contributed by atoms with Gasteiger partial charge in [-0.2, -0.15) is 0 Å². The number of ether oxygens (including phenoxy) is 2. The third-order valence-electron chi connectivity index (χ3n) is 2.79. The summed E-state index contributed by atoms with van der Waals surface area (Å²) in [6, 6.07) is 7.46.